The van der Waals surface area contributed by atoms with Gasteiger partial charge in [-0.3, -0.25) is 0 Å². The maximum absolute atomic E-state index is 14.1. The average Bonchev–Trinajstić information content (AvgIpc) is 3.52. The highest BCUT2D eigenvalue weighted by Gasteiger charge is 2.31. The molecule has 0 saturated heterocycles. The van der Waals surface area contributed by atoms with Crippen molar-refractivity contribution in [2.75, 3.05) is 24.3 Å². The summed E-state index contributed by atoms with van der Waals surface area (Å²) >= 11 is 0. The minimum absolute atomic E-state index is 0.206. The van der Waals surface area contributed by atoms with Crippen LogP contribution in [0.2, 0.25) is 0 Å². The monoisotopic (exact) mass is 404 g/mol. The molecule has 8 heteroatoms. The number of fused-ring (bicyclic) bond motifs is 4. The van der Waals surface area contributed by atoms with Gasteiger partial charge in [-0.15, -0.1) is 15.3 Å². The summed E-state index contributed by atoms with van der Waals surface area (Å²) in [5.74, 6) is 2.57. The lowest BCUT2D eigenvalue weighted by molar-refractivity contribution is 0.415. The van der Waals surface area contributed by atoms with Gasteiger partial charge in [-0.05, 0) is 60.7 Å². The minimum atomic E-state index is -0.372. The van der Waals surface area contributed by atoms with Crippen molar-refractivity contribution in [1.29, 1.82) is 0 Å². The number of aromatic nitrogens is 4. The summed E-state index contributed by atoms with van der Waals surface area (Å²) in [5, 5.41) is 15.8. The molecular weight excluding hydrogens is 383 g/mol. The second-order valence-electron chi connectivity index (χ2n) is 8.12. The molecule has 7 nitrogen and oxygen atoms in total. The zero-order valence-corrected chi connectivity index (χ0v) is 16.6. The van der Waals surface area contributed by atoms with Crippen molar-refractivity contribution >= 4 is 27.9 Å². The predicted octanol–water partition coefficient (Wildman–Crippen LogP) is 3.45. The van der Waals surface area contributed by atoms with Gasteiger partial charge < -0.3 is 15.4 Å². The van der Waals surface area contributed by atoms with Crippen LogP contribution in [0.4, 0.5) is 15.9 Å². The third kappa shape index (κ3) is 2.59. The topological polar surface area (TPSA) is 81.6 Å². The summed E-state index contributed by atoms with van der Waals surface area (Å²) in [5.41, 5.74) is 8.75. The molecule has 1 fully saturated rings. The minimum Gasteiger partial charge on any atom is -0.497 e. The zero-order chi connectivity index (χ0) is 20.4. The summed E-state index contributed by atoms with van der Waals surface area (Å²) in [4.78, 5) is 2.20. The molecule has 3 heterocycles. The standard InChI is InChI=1S/C22H21FN6O/c1-30-15-4-5-16-17(10-15)21-26-25-20(12-2-3-12)29(21)27-22(16)28-7-6-13-9-19(24)18(23)8-14(13)11-28/h4-5,8-10,12H,2-3,6-7,11,24H2,1H3. The lowest BCUT2D eigenvalue weighted by atomic mass is 9.98. The first-order chi connectivity index (χ1) is 14.6. The van der Waals surface area contributed by atoms with Crippen LogP contribution < -0.4 is 15.4 Å². The van der Waals surface area contributed by atoms with E-state index in [1.165, 1.54) is 0 Å². The van der Waals surface area contributed by atoms with E-state index in [0.29, 0.717) is 12.5 Å². The first-order valence-corrected chi connectivity index (χ1v) is 10.2. The molecule has 30 heavy (non-hydrogen) atoms. The number of methoxy groups -OCH3 is 1. The normalized spacial score (nSPS) is 16.3. The van der Waals surface area contributed by atoms with Gasteiger partial charge in [0.05, 0.1) is 12.8 Å². The highest BCUT2D eigenvalue weighted by Crippen LogP contribution is 2.40. The van der Waals surface area contributed by atoms with Gasteiger partial charge in [0.25, 0.3) is 0 Å². The first-order valence-electron chi connectivity index (χ1n) is 10.2. The van der Waals surface area contributed by atoms with Gasteiger partial charge >= 0.3 is 0 Å². The van der Waals surface area contributed by atoms with E-state index in [1.54, 1.807) is 19.2 Å². The molecule has 0 bridgehead atoms. The fourth-order valence-electron chi connectivity index (χ4n) is 4.35. The van der Waals surface area contributed by atoms with Crippen LogP contribution in [0.3, 0.4) is 0 Å². The fourth-order valence-corrected chi connectivity index (χ4v) is 4.35. The number of halogens is 1. The molecule has 2 aromatic carbocycles. The second-order valence-corrected chi connectivity index (χ2v) is 8.12. The summed E-state index contributed by atoms with van der Waals surface area (Å²) in [6.07, 6.45) is 3.02. The molecule has 4 aromatic rings. The van der Waals surface area contributed by atoms with Crippen molar-refractivity contribution in [2.45, 2.75) is 31.7 Å². The summed E-state index contributed by atoms with van der Waals surface area (Å²) < 4.78 is 21.4. The van der Waals surface area contributed by atoms with Crippen LogP contribution in [-0.2, 0) is 13.0 Å². The molecule has 0 spiro atoms. The van der Waals surface area contributed by atoms with Crippen LogP contribution in [0.1, 0.15) is 35.7 Å². The van der Waals surface area contributed by atoms with Crippen LogP contribution in [0.15, 0.2) is 30.3 Å². The van der Waals surface area contributed by atoms with E-state index in [-0.39, 0.29) is 11.5 Å². The number of benzene rings is 2. The van der Waals surface area contributed by atoms with E-state index in [2.05, 4.69) is 15.1 Å². The van der Waals surface area contributed by atoms with Gasteiger partial charge in [0.2, 0.25) is 0 Å². The number of nitrogen functional groups attached to an aromatic ring is 1. The van der Waals surface area contributed by atoms with Crippen LogP contribution >= 0.6 is 0 Å². The summed E-state index contributed by atoms with van der Waals surface area (Å²) in [6, 6.07) is 9.24. The van der Waals surface area contributed by atoms with E-state index in [0.717, 1.165) is 70.7 Å². The zero-order valence-electron chi connectivity index (χ0n) is 16.6. The van der Waals surface area contributed by atoms with Crippen molar-refractivity contribution < 1.29 is 9.13 Å². The Morgan fingerprint density at radius 2 is 1.97 bits per heavy atom. The Balaban J connectivity index is 1.54. The Labute approximate surface area is 172 Å². The van der Waals surface area contributed by atoms with Gasteiger partial charge in [0, 0.05) is 29.8 Å². The van der Waals surface area contributed by atoms with Crippen molar-refractivity contribution in [1.82, 2.24) is 19.8 Å². The number of hydrogen-bond donors (Lipinski definition) is 1. The van der Waals surface area contributed by atoms with Crippen LogP contribution in [0.25, 0.3) is 16.4 Å². The molecule has 0 radical (unpaired) electrons. The van der Waals surface area contributed by atoms with Gasteiger partial charge in [0.15, 0.2) is 17.3 Å². The third-order valence-electron chi connectivity index (χ3n) is 6.14. The third-order valence-corrected chi connectivity index (χ3v) is 6.14. The maximum atomic E-state index is 14.1. The Morgan fingerprint density at radius 3 is 2.77 bits per heavy atom. The molecule has 2 N–H and O–H groups in total. The maximum Gasteiger partial charge on any atom is 0.186 e. The van der Waals surface area contributed by atoms with Crippen molar-refractivity contribution in [3.05, 3.63) is 53.1 Å². The van der Waals surface area contributed by atoms with E-state index in [1.807, 2.05) is 22.7 Å². The fraction of sp³-hybridized carbons (Fsp3) is 0.318. The molecule has 1 aliphatic heterocycles. The van der Waals surface area contributed by atoms with Crippen molar-refractivity contribution in [3.8, 4) is 5.75 Å². The molecular formula is C22H21FN6O. The lowest BCUT2D eigenvalue weighted by Crippen LogP contribution is -2.32. The largest absolute Gasteiger partial charge is 0.497 e. The molecule has 0 amide bonds. The van der Waals surface area contributed by atoms with E-state index < -0.39 is 0 Å². The molecule has 152 valence electrons. The number of hydrogen-bond acceptors (Lipinski definition) is 6. The average molecular weight is 404 g/mol. The Morgan fingerprint density at radius 1 is 1.10 bits per heavy atom. The van der Waals surface area contributed by atoms with Crippen molar-refractivity contribution in [3.63, 3.8) is 0 Å². The number of rotatable bonds is 3. The summed E-state index contributed by atoms with van der Waals surface area (Å²) in [6.45, 7) is 1.35. The quantitative estimate of drug-likeness (QED) is 0.527. The highest BCUT2D eigenvalue weighted by atomic mass is 19.1. The molecule has 1 saturated carbocycles. The lowest BCUT2D eigenvalue weighted by Gasteiger charge is -2.31. The number of nitrogens with two attached hydrogens (primary N) is 1. The van der Waals surface area contributed by atoms with E-state index in [9.17, 15) is 4.39 Å². The van der Waals surface area contributed by atoms with Gasteiger partial charge in [-0.1, -0.05) is 0 Å². The Kier molecular flexibility index (Phi) is 3.65. The number of anilines is 2. The molecule has 0 atom stereocenters. The van der Waals surface area contributed by atoms with Crippen LogP contribution in [-0.4, -0.2) is 33.5 Å². The van der Waals surface area contributed by atoms with Crippen molar-refractivity contribution in [2.24, 2.45) is 0 Å². The smallest absolute Gasteiger partial charge is 0.186 e. The number of ether oxygens (including phenoxy) is 1. The van der Waals surface area contributed by atoms with Crippen LogP contribution in [0, 0.1) is 5.82 Å². The Bertz CT molecular complexity index is 1310. The SMILES string of the molecule is COc1ccc2c(N3CCc4cc(N)c(F)cc4C3)nn3c(C4CC4)nnc3c2c1. The molecule has 0 unspecified atom stereocenters. The molecule has 6 rings (SSSR count). The van der Waals surface area contributed by atoms with Crippen LogP contribution in [0.5, 0.6) is 5.75 Å². The number of nitrogens with zero attached hydrogens (tertiary/aromatic N) is 5. The highest BCUT2D eigenvalue weighted by molar-refractivity contribution is 6.01. The Hall–Kier alpha value is -3.42. The van der Waals surface area contributed by atoms with E-state index >= 15 is 0 Å². The summed E-state index contributed by atoms with van der Waals surface area (Å²) in [7, 11) is 1.65. The molecule has 1 aliphatic carbocycles. The first kappa shape index (κ1) is 17.4. The second kappa shape index (κ2) is 6.29. The molecule has 2 aliphatic rings. The van der Waals surface area contributed by atoms with Gasteiger partial charge in [-0.25, -0.2) is 4.39 Å². The van der Waals surface area contributed by atoms with Gasteiger partial charge in [-0.2, -0.15) is 4.52 Å². The van der Waals surface area contributed by atoms with E-state index in [4.69, 9.17) is 15.6 Å². The van der Waals surface area contributed by atoms with Gasteiger partial charge in [0.1, 0.15) is 11.6 Å². The molecule has 2 aromatic heterocycles. The predicted molar refractivity (Wildman–Crippen MR) is 112 cm³/mol.